The first-order valence-corrected chi connectivity index (χ1v) is 11.9. The Morgan fingerprint density at radius 3 is 1.79 bits per heavy atom. The zero-order chi connectivity index (χ0) is 21.4. The molecule has 8 heteroatoms. The van der Waals surface area contributed by atoms with Crippen molar-refractivity contribution in [3.05, 3.63) is 0 Å². The Bertz CT molecular complexity index is 630. The number of cyclic esters (lactones) is 2. The van der Waals surface area contributed by atoms with Crippen LogP contribution in [0.4, 0.5) is 0 Å². The van der Waals surface area contributed by atoms with Gasteiger partial charge in [-0.3, -0.25) is 14.1 Å². The van der Waals surface area contributed by atoms with Gasteiger partial charge in [-0.05, 0) is 25.7 Å². The summed E-state index contributed by atoms with van der Waals surface area (Å²) >= 11 is 0. The van der Waals surface area contributed by atoms with Gasteiger partial charge in [-0.1, -0.05) is 53.4 Å². The molecule has 0 aromatic rings. The van der Waals surface area contributed by atoms with Gasteiger partial charge in [0.2, 0.25) is 0 Å². The van der Waals surface area contributed by atoms with Gasteiger partial charge in [0.1, 0.15) is 0 Å². The number of hydrogen-bond donors (Lipinski definition) is 1. The summed E-state index contributed by atoms with van der Waals surface area (Å²) in [5, 5.41) is -1.94. The fourth-order valence-electron chi connectivity index (χ4n) is 4.36. The third-order valence-electron chi connectivity index (χ3n) is 6.47. The first kappa shape index (κ1) is 24.9. The molecule has 1 N–H and O–H groups in total. The largest absolute Gasteiger partial charge is 0.465 e. The van der Waals surface area contributed by atoms with Gasteiger partial charge in [-0.2, -0.15) is 8.42 Å². The Balaban J connectivity index is 3.40. The maximum Gasteiger partial charge on any atom is 0.327 e. The molecule has 1 rings (SSSR count). The van der Waals surface area contributed by atoms with Crippen molar-refractivity contribution in [2.75, 3.05) is 13.2 Å². The molecule has 3 atom stereocenters. The Labute approximate surface area is 169 Å². The molecular formula is C20H36O7S. The van der Waals surface area contributed by atoms with Crippen LogP contribution in [0.2, 0.25) is 0 Å². The smallest absolute Gasteiger partial charge is 0.327 e. The van der Waals surface area contributed by atoms with Gasteiger partial charge in [-0.15, -0.1) is 0 Å². The second-order valence-corrected chi connectivity index (χ2v) is 9.55. The van der Waals surface area contributed by atoms with Crippen LogP contribution in [-0.2, 0) is 29.2 Å². The minimum absolute atomic E-state index is 0.0590. The number of carbonyl (C=O) groups is 2. The standard InChI is InChI=1S/C20H36O7S/c1-5-9-11-19(7-3)14-26-17(21)13-16(28(23,24)25)18(22)27-15-20(19,8-4)12-10-6-2/h16H,5-15H2,1-4H3,(H,23,24,25). The molecule has 1 saturated heterocycles. The van der Waals surface area contributed by atoms with Crippen LogP contribution in [0.3, 0.4) is 0 Å². The molecule has 0 amide bonds. The zero-order valence-corrected chi connectivity index (χ0v) is 18.5. The summed E-state index contributed by atoms with van der Waals surface area (Å²) in [6, 6.07) is 0. The highest BCUT2D eigenvalue weighted by Gasteiger charge is 2.51. The van der Waals surface area contributed by atoms with E-state index < -0.39 is 39.1 Å². The summed E-state index contributed by atoms with van der Waals surface area (Å²) in [4.78, 5) is 24.7. The number of carbonyl (C=O) groups excluding carboxylic acids is 2. The number of rotatable bonds is 9. The first-order chi connectivity index (χ1) is 13.1. The molecule has 0 bridgehead atoms. The van der Waals surface area contributed by atoms with E-state index in [4.69, 9.17) is 9.47 Å². The summed E-state index contributed by atoms with van der Waals surface area (Å²) in [6.45, 7) is 8.51. The molecule has 7 nitrogen and oxygen atoms in total. The van der Waals surface area contributed by atoms with E-state index in [1.165, 1.54) is 0 Å². The molecular weight excluding hydrogens is 384 g/mol. The van der Waals surface area contributed by atoms with E-state index >= 15 is 0 Å². The number of hydrogen-bond acceptors (Lipinski definition) is 6. The van der Waals surface area contributed by atoms with Crippen molar-refractivity contribution in [1.82, 2.24) is 0 Å². The number of esters is 2. The van der Waals surface area contributed by atoms with Crippen LogP contribution in [0.15, 0.2) is 0 Å². The lowest BCUT2D eigenvalue weighted by Crippen LogP contribution is -2.50. The summed E-state index contributed by atoms with van der Waals surface area (Å²) in [6.07, 6.45) is 6.21. The molecule has 1 heterocycles. The number of unbranched alkanes of at least 4 members (excludes halogenated alkanes) is 2. The van der Waals surface area contributed by atoms with Crippen molar-refractivity contribution in [1.29, 1.82) is 0 Å². The summed E-state index contributed by atoms with van der Waals surface area (Å²) < 4.78 is 43.5. The van der Waals surface area contributed by atoms with Crippen molar-refractivity contribution >= 4 is 22.1 Å². The lowest BCUT2D eigenvalue weighted by molar-refractivity contribution is -0.171. The van der Waals surface area contributed by atoms with Crippen LogP contribution in [0.1, 0.15) is 85.5 Å². The van der Waals surface area contributed by atoms with Crippen LogP contribution in [0.5, 0.6) is 0 Å². The van der Waals surface area contributed by atoms with Crippen molar-refractivity contribution in [3.63, 3.8) is 0 Å². The van der Waals surface area contributed by atoms with Crippen LogP contribution in [0, 0.1) is 10.8 Å². The van der Waals surface area contributed by atoms with Crippen LogP contribution in [-0.4, -0.2) is 43.4 Å². The molecule has 0 aromatic carbocycles. The SMILES string of the molecule is CCCCC1(CC)COC(=O)CC(S(=O)(=O)O)C(=O)OCC1(CC)CCCC. The van der Waals surface area contributed by atoms with E-state index in [2.05, 4.69) is 20.8 Å². The third-order valence-corrected chi connectivity index (χ3v) is 7.55. The molecule has 0 aliphatic carbocycles. The molecule has 1 aliphatic rings. The van der Waals surface area contributed by atoms with E-state index in [9.17, 15) is 22.6 Å². The van der Waals surface area contributed by atoms with Gasteiger partial charge in [0, 0.05) is 10.8 Å². The average molecular weight is 421 g/mol. The first-order valence-electron chi connectivity index (χ1n) is 10.4. The molecule has 3 unspecified atom stereocenters. The van der Waals surface area contributed by atoms with Crippen molar-refractivity contribution in [2.45, 2.75) is 90.7 Å². The Hall–Kier alpha value is -1.15. The Kier molecular flexibility index (Phi) is 9.40. The minimum atomic E-state index is -4.76. The van der Waals surface area contributed by atoms with Gasteiger partial charge in [0.05, 0.1) is 19.6 Å². The highest BCUT2D eigenvalue weighted by molar-refractivity contribution is 7.87. The molecule has 164 valence electrons. The quantitative estimate of drug-likeness (QED) is 0.445. The second kappa shape index (κ2) is 10.6. The molecule has 1 aliphatic heterocycles. The van der Waals surface area contributed by atoms with Gasteiger partial charge in [0.25, 0.3) is 10.1 Å². The number of ether oxygens (including phenoxy) is 2. The van der Waals surface area contributed by atoms with Crippen LogP contribution < -0.4 is 0 Å². The second-order valence-electron chi connectivity index (χ2n) is 7.95. The van der Waals surface area contributed by atoms with Gasteiger partial charge in [0.15, 0.2) is 5.25 Å². The predicted molar refractivity (Wildman–Crippen MR) is 106 cm³/mol. The molecule has 0 aromatic heterocycles. The van der Waals surface area contributed by atoms with Crippen LogP contribution >= 0.6 is 0 Å². The Morgan fingerprint density at radius 2 is 1.39 bits per heavy atom. The van der Waals surface area contributed by atoms with Crippen molar-refractivity contribution in [3.8, 4) is 0 Å². The summed E-state index contributed by atoms with van der Waals surface area (Å²) in [5.41, 5.74) is -0.780. The molecule has 28 heavy (non-hydrogen) atoms. The minimum Gasteiger partial charge on any atom is -0.465 e. The van der Waals surface area contributed by atoms with Gasteiger partial charge in [-0.25, -0.2) is 0 Å². The zero-order valence-electron chi connectivity index (χ0n) is 17.7. The average Bonchev–Trinajstić information content (AvgIpc) is 2.66. The predicted octanol–water partition coefficient (Wildman–Crippen LogP) is 3.91. The summed E-state index contributed by atoms with van der Waals surface area (Å²) in [7, 11) is -4.76. The molecule has 0 spiro atoms. The van der Waals surface area contributed by atoms with Crippen molar-refractivity contribution in [2.24, 2.45) is 10.8 Å². The highest BCUT2D eigenvalue weighted by Crippen LogP contribution is 2.52. The van der Waals surface area contributed by atoms with E-state index in [1.54, 1.807) is 0 Å². The topological polar surface area (TPSA) is 107 Å². The maximum atomic E-state index is 12.4. The summed E-state index contributed by atoms with van der Waals surface area (Å²) in [5.74, 6) is -1.90. The van der Waals surface area contributed by atoms with E-state index in [-0.39, 0.29) is 18.6 Å². The van der Waals surface area contributed by atoms with Crippen molar-refractivity contribution < 1.29 is 32.0 Å². The fraction of sp³-hybridized carbons (Fsp3) is 0.900. The molecule has 0 radical (unpaired) electrons. The Morgan fingerprint density at radius 1 is 0.929 bits per heavy atom. The maximum absolute atomic E-state index is 12.4. The van der Waals surface area contributed by atoms with E-state index in [0.29, 0.717) is 6.42 Å². The fourth-order valence-corrected chi connectivity index (χ4v) is 5.02. The normalized spacial score (nSPS) is 29.8. The lowest BCUT2D eigenvalue weighted by atomic mass is 9.57. The van der Waals surface area contributed by atoms with E-state index in [1.807, 2.05) is 6.92 Å². The van der Waals surface area contributed by atoms with Gasteiger partial charge < -0.3 is 9.47 Å². The monoisotopic (exact) mass is 420 g/mol. The van der Waals surface area contributed by atoms with Crippen LogP contribution in [0.25, 0.3) is 0 Å². The molecule has 1 fully saturated rings. The van der Waals surface area contributed by atoms with E-state index in [0.717, 1.165) is 44.9 Å². The third kappa shape index (κ3) is 5.69. The highest BCUT2D eigenvalue weighted by atomic mass is 32.2. The molecule has 0 saturated carbocycles. The van der Waals surface area contributed by atoms with Gasteiger partial charge >= 0.3 is 11.9 Å². The lowest BCUT2D eigenvalue weighted by Gasteiger charge is -2.50.